The zero-order valence-electron chi connectivity index (χ0n) is 16.7. The van der Waals surface area contributed by atoms with Crippen LogP contribution in [0.15, 0.2) is 0 Å². The predicted molar refractivity (Wildman–Crippen MR) is 111 cm³/mol. The van der Waals surface area contributed by atoms with Crippen LogP contribution in [-0.2, 0) is 0 Å². The standard InChI is InChI=1S/C21H45BrN/c1-5-7-9-11-13-15-18-23(4,20-17-21(3)22)19-16-14-12-10-8-6-2/h21H,5-20H2,1-4H3/q+1. The molecule has 1 nitrogen and oxygen atoms in total. The van der Waals surface area contributed by atoms with Crippen LogP contribution in [0.25, 0.3) is 0 Å². The molecule has 0 rings (SSSR count). The fourth-order valence-corrected chi connectivity index (χ4v) is 3.58. The molecule has 0 aliphatic carbocycles. The maximum absolute atomic E-state index is 3.74. The Labute approximate surface area is 156 Å². The van der Waals surface area contributed by atoms with Crippen LogP contribution < -0.4 is 0 Å². The van der Waals surface area contributed by atoms with Crippen molar-refractivity contribution < 1.29 is 4.48 Å². The number of hydrogen-bond donors (Lipinski definition) is 0. The van der Waals surface area contributed by atoms with Crippen LogP contribution in [0.3, 0.4) is 0 Å². The van der Waals surface area contributed by atoms with Gasteiger partial charge in [0.05, 0.1) is 26.7 Å². The highest BCUT2D eigenvalue weighted by molar-refractivity contribution is 9.09. The van der Waals surface area contributed by atoms with Crippen molar-refractivity contribution in [3.63, 3.8) is 0 Å². The molecular weight excluding hydrogens is 346 g/mol. The average Bonchev–Trinajstić information content (AvgIpc) is 2.52. The van der Waals surface area contributed by atoms with E-state index >= 15 is 0 Å². The van der Waals surface area contributed by atoms with Crippen molar-refractivity contribution in [1.29, 1.82) is 0 Å². The lowest BCUT2D eigenvalue weighted by Gasteiger charge is -2.35. The predicted octanol–water partition coefficient (Wildman–Crippen LogP) is 7.33. The second-order valence-corrected chi connectivity index (χ2v) is 9.46. The van der Waals surface area contributed by atoms with Gasteiger partial charge >= 0.3 is 0 Å². The van der Waals surface area contributed by atoms with Crippen LogP contribution in [0.1, 0.15) is 104 Å². The highest BCUT2D eigenvalue weighted by atomic mass is 79.9. The van der Waals surface area contributed by atoms with Crippen LogP contribution in [0.2, 0.25) is 0 Å². The first-order valence-electron chi connectivity index (χ1n) is 10.5. The van der Waals surface area contributed by atoms with Crippen molar-refractivity contribution in [2.75, 3.05) is 26.7 Å². The molecule has 0 fully saturated rings. The van der Waals surface area contributed by atoms with Crippen molar-refractivity contribution in [2.45, 2.75) is 109 Å². The summed E-state index contributed by atoms with van der Waals surface area (Å²) >= 11 is 3.74. The third-order valence-corrected chi connectivity index (χ3v) is 5.63. The minimum absolute atomic E-state index is 0.661. The molecule has 0 spiro atoms. The lowest BCUT2D eigenvalue weighted by Crippen LogP contribution is -2.46. The fraction of sp³-hybridized carbons (Fsp3) is 1.00. The molecule has 0 radical (unpaired) electrons. The van der Waals surface area contributed by atoms with E-state index < -0.39 is 0 Å². The van der Waals surface area contributed by atoms with E-state index in [1.807, 2.05) is 0 Å². The monoisotopic (exact) mass is 390 g/mol. The Morgan fingerprint density at radius 3 is 1.43 bits per heavy atom. The van der Waals surface area contributed by atoms with E-state index in [4.69, 9.17) is 0 Å². The molecule has 23 heavy (non-hydrogen) atoms. The number of halogens is 1. The van der Waals surface area contributed by atoms with Crippen molar-refractivity contribution in [1.82, 2.24) is 0 Å². The third-order valence-electron chi connectivity index (χ3n) is 5.17. The molecular formula is C21H45BrN+. The van der Waals surface area contributed by atoms with Crippen LogP contribution in [0.5, 0.6) is 0 Å². The van der Waals surface area contributed by atoms with Gasteiger partial charge in [-0.05, 0) is 25.7 Å². The average molecular weight is 392 g/mol. The van der Waals surface area contributed by atoms with Gasteiger partial charge in [-0.1, -0.05) is 88.1 Å². The van der Waals surface area contributed by atoms with Gasteiger partial charge in [-0.15, -0.1) is 0 Å². The highest BCUT2D eigenvalue weighted by Crippen LogP contribution is 2.16. The van der Waals surface area contributed by atoms with Gasteiger partial charge in [-0.25, -0.2) is 0 Å². The summed E-state index contributed by atoms with van der Waals surface area (Å²) in [6.45, 7) is 11.0. The van der Waals surface area contributed by atoms with Gasteiger partial charge < -0.3 is 4.48 Å². The second-order valence-electron chi connectivity index (χ2n) is 7.90. The van der Waals surface area contributed by atoms with Gasteiger partial charge in [-0.2, -0.15) is 0 Å². The Hall–Kier alpha value is 0.440. The summed E-state index contributed by atoms with van der Waals surface area (Å²) in [7, 11) is 2.51. The van der Waals surface area contributed by atoms with E-state index in [2.05, 4.69) is 43.7 Å². The summed E-state index contributed by atoms with van der Waals surface area (Å²) in [6.07, 6.45) is 18.4. The van der Waals surface area contributed by atoms with E-state index in [0.29, 0.717) is 4.83 Å². The number of unbranched alkanes of at least 4 members (excludes halogenated alkanes) is 10. The van der Waals surface area contributed by atoms with E-state index in [1.54, 1.807) is 0 Å². The Balaban J connectivity index is 3.98. The minimum atomic E-state index is 0.661. The zero-order valence-corrected chi connectivity index (χ0v) is 18.3. The topological polar surface area (TPSA) is 0 Å². The number of alkyl halides is 1. The molecule has 0 bridgehead atoms. The zero-order chi connectivity index (χ0) is 17.4. The molecule has 2 heteroatoms. The summed E-state index contributed by atoms with van der Waals surface area (Å²) in [4.78, 5) is 0.661. The molecule has 0 N–H and O–H groups in total. The smallest absolute Gasteiger partial charge is 0.0795 e. The molecule has 0 aromatic heterocycles. The first-order valence-corrected chi connectivity index (χ1v) is 11.4. The number of rotatable bonds is 17. The molecule has 140 valence electrons. The van der Waals surface area contributed by atoms with Crippen LogP contribution in [0.4, 0.5) is 0 Å². The van der Waals surface area contributed by atoms with Gasteiger partial charge in [-0.3, -0.25) is 0 Å². The van der Waals surface area contributed by atoms with Gasteiger partial charge in [0.15, 0.2) is 0 Å². The summed E-state index contributed by atoms with van der Waals surface area (Å²) < 4.78 is 1.30. The van der Waals surface area contributed by atoms with Crippen molar-refractivity contribution >= 4 is 15.9 Å². The van der Waals surface area contributed by atoms with Gasteiger partial charge in [0.1, 0.15) is 0 Å². The van der Waals surface area contributed by atoms with Crippen molar-refractivity contribution in [2.24, 2.45) is 0 Å². The summed E-state index contributed by atoms with van der Waals surface area (Å²) in [5.74, 6) is 0. The molecule has 0 amide bonds. The van der Waals surface area contributed by atoms with E-state index in [1.165, 1.54) is 108 Å². The Bertz CT molecular complexity index is 224. The molecule has 1 unspecified atom stereocenters. The first kappa shape index (κ1) is 23.4. The summed E-state index contributed by atoms with van der Waals surface area (Å²) in [5.41, 5.74) is 0. The third kappa shape index (κ3) is 15.7. The van der Waals surface area contributed by atoms with Gasteiger partial charge in [0.25, 0.3) is 0 Å². The molecule has 0 saturated heterocycles. The second kappa shape index (κ2) is 15.9. The molecule has 1 atom stereocenters. The lowest BCUT2D eigenvalue weighted by molar-refractivity contribution is -0.910. The molecule has 0 aromatic carbocycles. The maximum Gasteiger partial charge on any atom is 0.0795 e. The Morgan fingerprint density at radius 1 is 0.652 bits per heavy atom. The van der Waals surface area contributed by atoms with Gasteiger partial charge in [0, 0.05) is 11.2 Å². The SMILES string of the molecule is CCCCCCCC[N+](C)(CCCCCCCC)CCC(C)Br. The Kier molecular flexibility index (Phi) is 16.2. The molecule has 0 aliphatic heterocycles. The highest BCUT2D eigenvalue weighted by Gasteiger charge is 2.21. The lowest BCUT2D eigenvalue weighted by atomic mass is 10.1. The number of nitrogens with zero attached hydrogens (tertiary/aromatic N) is 1. The van der Waals surface area contributed by atoms with E-state index in [0.717, 1.165) is 0 Å². The maximum atomic E-state index is 3.74. The molecule has 0 aliphatic rings. The fourth-order valence-electron chi connectivity index (χ4n) is 3.37. The Morgan fingerprint density at radius 2 is 1.04 bits per heavy atom. The molecule has 0 aromatic rings. The number of quaternary nitrogens is 1. The number of hydrogen-bond acceptors (Lipinski definition) is 0. The van der Waals surface area contributed by atoms with Crippen LogP contribution in [0, 0.1) is 0 Å². The molecule has 0 saturated carbocycles. The van der Waals surface area contributed by atoms with Crippen molar-refractivity contribution in [3.05, 3.63) is 0 Å². The molecule has 0 heterocycles. The normalized spacial score (nSPS) is 13.4. The van der Waals surface area contributed by atoms with E-state index in [-0.39, 0.29) is 0 Å². The summed E-state index contributed by atoms with van der Waals surface area (Å²) in [6, 6.07) is 0. The largest absolute Gasteiger partial charge is 0.326 e. The van der Waals surface area contributed by atoms with Crippen LogP contribution >= 0.6 is 15.9 Å². The van der Waals surface area contributed by atoms with Crippen LogP contribution in [-0.4, -0.2) is 36.0 Å². The van der Waals surface area contributed by atoms with Gasteiger partial charge in [0.2, 0.25) is 0 Å². The van der Waals surface area contributed by atoms with Crippen molar-refractivity contribution in [3.8, 4) is 0 Å². The summed E-state index contributed by atoms with van der Waals surface area (Å²) in [5, 5.41) is 0. The van der Waals surface area contributed by atoms with E-state index in [9.17, 15) is 0 Å². The minimum Gasteiger partial charge on any atom is -0.326 e. The quantitative estimate of drug-likeness (QED) is 0.138. The first-order chi connectivity index (χ1) is 11.0.